The minimum absolute atomic E-state index is 0.208. The van der Waals surface area contributed by atoms with Gasteiger partial charge in [0, 0.05) is 0 Å². The lowest BCUT2D eigenvalue weighted by Gasteiger charge is -2.00. The van der Waals surface area contributed by atoms with Crippen molar-refractivity contribution >= 4 is 0 Å². The number of rotatable bonds is 2. The third kappa shape index (κ3) is 1.56. The molecule has 2 nitrogen and oxygen atoms in total. The molecule has 0 saturated carbocycles. The van der Waals surface area contributed by atoms with Gasteiger partial charge in [-0.2, -0.15) is 0 Å². The first-order valence-corrected chi connectivity index (χ1v) is 3.01. The van der Waals surface area contributed by atoms with Crippen LogP contribution >= 0.6 is 0 Å². The third-order valence-corrected chi connectivity index (χ3v) is 1.34. The van der Waals surface area contributed by atoms with E-state index in [-0.39, 0.29) is 6.61 Å². The van der Waals surface area contributed by atoms with Crippen LogP contribution in [0.2, 0.25) is 0 Å². The first-order chi connectivity index (χ1) is 4.84. The zero-order chi connectivity index (χ0) is 7.40. The maximum absolute atomic E-state index is 8.12. The molecule has 0 bridgehead atoms. The summed E-state index contributed by atoms with van der Waals surface area (Å²) in [5.74, 6) is 0. The molecule has 1 rings (SSSR count). The average molecular weight is 137 g/mol. The molecule has 0 spiro atoms. The molecule has 0 fully saturated rings. The average Bonchev–Trinajstić information content (AvgIpc) is 1.94. The molecule has 1 radical (unpaired) electrons. The molecule has 0 amide bonds. The van der Waals surface area contributed by atoms with Crippen molar-refractivity contribution in [3.8, 4) is 0 Å². The van der Waals surface area contributed by atoms with Gasteiger partial charge in [-0.05, 0) is 18.1 Å². The van der Waals surface area contributed by atoms with Gasteiger partial charge in [0.1, 0.15) is 6.61 Å². The van der Waals surface area contributed by atoms with Crippen LogP contribution in [0.25, 0.3) is 0 Å². The molecule has 0 saturated heterocycles. The Labute approximate surface area is 60.0 Å². The molecule has 0 aliphatic rings. The van der Waals surface area contributed by atoms with Crippen LogP contribution in [0.5, 0.6) is 0 Å². The van der Waals surface area contributed by atoms with E-state index >= 15 is 0 Å². The van der Waals surface area contributed by atoms with Crippen molar-refractivity contribution < 1.29 is 10.1 Å². The summed E-state index contributed by atoms with van der Waals surface area (Å²) in [6, 6.07) is 7.50. The van der Waals surface area contributed by atoms with Crippen LogP contribution < -0.4 is 0 Å². The molecular weight excluding hydrogens is 128 g/mol. The van der Waals surface area contributed by atoms with Gasteiger partial charge in [-0.3, -0.25) is 5.26 Å². The highest BCUT2D eigenvalue weighted by Crippen LogP contribution is 2.06. The van der Waals surface area contributed by atoms with Gasteiger partial charge in [0.25, 0.3) is 0 Å². The van der Waals surface area contributed by atoms with Crippen molar-refractivity contribution in [1.82, 2.24) is 0 Å². The molecule has 1 N–H and O–H groups in total. The molecule has 0 aliphatic carbocycles. The van der Waals surface area contributed by atoms with E-state index in [9.17, 15) is 0 Å². The normalized spacial score (nSPS) is 9.80. The van der Waals surface area contributed by atoms with Gasteiger partial charge in [0.05, 0.1) is 0 Å². The van der Waals surface area contributed by atoms with E-state index in [1.54, 1.807) is 0 Å². The molecule has 10 heavy (non-hydrogen) atoms. The van der Waals surface area contributed by atoms with E-state index in [2.05, 4.69) is 11.8 Å². The lowest BCUT2D eigenvalue weighted by atomic mass is 10.1. The Balaban J connectivity index is 2.81. The summed E-state index contributed by atoms with van der Waals surface area (Å²) in [5.41, 5.74) is 1.79. The van der Waals surface area contributed by atoms with E-state index < -0.39 is 0 Å². The van der Waals surface area contributed by atoms with Crippen LogP contribution in [0.15, 0.2) is 24.3 Å². The largest absolute Gasteiger partial charge is 0.251 e. The molecule has 0 heterocycles. The second-order valence-corrected chi connectivity index (χ2v) is 2.04. The first-order valence-electron chi connectivity index (χ1n) is 3.01. The highest BCUT2D eigenvalue weighted by molar-refractivity contribution is 5.28. The van der Waals surface area contributed by atoms with Gasteiger partial charge < -0.3 is 0 Å². The van der Waals surface area contributed by atoms with Crippen molar-refractivity contribution in [2.75, 3.05) is 0 Å². The van der Waals surface area contributed by atoms with Gasteiger partial charge in [-0.1, -0.05) is 24.3 Å². The minimum atomic E-state index is 0.208. The van der Waals surface area contributed by atoms with Crippen LogP contribution in [0, 0.1) is 6.92 Å². The lowest BCUT2D eigenvalue weighted by molar-refractivity contribution is -0.253. The smallest absolute Gasteiger partial charge is 0.107 e. The van der Waals surface area contributed by atoms with Crippen molar-refractivity contribution in [3.63, 3.8) is 0 Å². The van der Waals surface area contributed by atoms with Crippen molar-refractivity contribution in [3.05, 3.63) is 42.3 Å². The minimum Gasteiger partial charge on any atom is -0.251 e. The molecule has 1 aromatic rings. The molecule has 0 aliphatic heterocycles. The predicted molar refractivity (Wildman–Crippen MR) is 38.3 cm³/mol. The van der Waals surface area contributed by atoms with Crippen LogP contribution in [0.3, 0.4) is 0 Å². The fraction of sp³-hybridized carbons (Fsp3) is 0.125. The molecule has 2 heteroatoms. The van der Waals surface area contributed by atoms with E-state index in [0.717, 1.165) is 11.1 Å². The molecule has 53 valence electrons. The Bertz CT molecular complexity index is 208. The van der Waals surface area contributed by atoms with Gasteiger partial charge >= 0.3 is 0 Å². The summed E-state index contributed by atoms with van der Waals surface area (Å²) in [6.07, 6.45) is 0. The SMILES string of the molecule is [CH2]c1ccccc1COO. The highest BCUT2D eigenvalue weighted by Gasteiger charge is 1.94. The molecular formula is C8H9O2. The lowest BCUT2D eigenvalue weighted by Crippen LogP contribution is -1.90. The Morgan fingerprint density at radius 2 is 2.10 bits per heavy atom. The summed E-state index contributed by atoms with van der Waals surface area (Å²) in [6.45, 7) is 3.96. The van der Waals surface area contributed by atoms with Crippen LogP contribution in [0.4, 0.5) is 0 Å². The van der Waals surface area contributed by atoms with Crippen LogP contribution in [0.1, 0.15) is 11.1 Å². The van der Waals surface area contributed by atoms with Crippen molar-refractivity contribution in [2.45, 2.75) is 6.61 Å². The van der Waals surface area contributed by atoms with Gasteiger partial charge in [-0.15, -0.1) is 0 Å². The van der Waals surface area contributed by atoms with Crippen LogP contribution in [-0.2, 0) is 11.5 Å². The topological polar surface area (TPSA) is 29.5 Å². The third-order valence-electron chi connectivity index (χ3n) is 1.34. The number of hydrogen-bond donors (Lipinski definition) is 1. The fourth-order valence-electron chi connectivity index (χ4n) is 0.768. The van der Waals surface area contributed by atoms with E-state index in [4.69, 9.17) is 5.26 Å². The standard InChI is InChI=1S/C8H9O2/c1-7-4-2-3-5-8(7)6-10-9/h2-5,9H,1,6H2. The first kappa shape index (κ1) is 7.25. The zero-order valence-electron chi connectivity index (χ0n) is 5.58. The van der Waals surface area contributed by atoms with Gasteiger partial charge in [0.2, 0.25) is 0 Å². The molecule has 0 aromatic heterocycles. The Hall–Kier alpha value is -0.860. The quantitative estimate of drug-likeness (QED) is 0.498. The van der Waals surface area contributed by atoms with Gasteiger partial charge in [0.15, 0.2) is 0 Å². The molecule has 0 atom stereocenters. The molecule has 1 aromatic carbocycles. The predicted octanol–water partition coefficient (Wildman–Crippen LogP) is 1.86. The second-order valence-electron chi connectivity index (χ2n) is 2.04. The second kappa shape index (κ2) is 3.34. The maximum atomic E-state index is 8.12. The van der Waals surface area contributed by atoms with Crippen molar-refractivity contribution in [1.29, 1.82) is 0 Å². The summed E-state index contributed by atoms with van der Waals surface area (Å²) >= 11 is 0. The van der Waals surface area contributed by atoms with Crippen molar-refractivity contribution in [2.24, 2.45) is 0 Å². The van der Waals surface area contributed by atoms with E-state index in [0.29, 0.717) is 0 Å². The highest BCUT2D eigenvalue weighted by atomic mass is 17.1. The zero-order valence-corrected chi connectivity index (χ0v) is 5.58. The maximum Gasteiger partial charge on any atom is 0.107 e. The monoisotopic (exact) mass is 137 g/mol. The molecule has 0 unspecified atom stereocenters. The summed E-state index contributed by atoms with van der Waals surface area (Å²) < 4.78 is 0. The van der Waals surface area contributed by atoms with E-state index in [1.165, 1.54) is 0 Å². The number of benzene rings is 1. The summed E-state index contributed by atoms with van der Waals surface area (Å²) in [4.78, 5) is 3.97. The Kier molecular flexibility index (Phi) is 2.42. The Morgan fingerprint density at radius 3 is 2.70 bits per heavy atom. The number of hydrogen-bond acceptors (Lipinski definition) is 2. The van der Waals surface area contributed by atoms with Gasteiger partial charge in [-0.25, -0.2) is 4.89 Å². The fourth-order valence-corrected chi connectivity index (χ4v) is 0.768. The summed E-state index contributed by atoms with van der Waals surface area (Å²) in [7, 11) is 0. The summed E-state index contributed by atoms with van der Waals surface area (Å²) in [5, 5.41) is 8.12. The Morgan fingerprint density at radius 1 is 1.40 bits per heavy atom. The van der Waals surface area contributed by atoms with E-state index in [1.807, 2.05) is 24.3 Å². The van der Waals surface area contributed by atoms with Crippen LogP contribution in [-0.4, -0.2) is 5.26 Å².